The van der Waals surface area contributed by atoms with Crippen molar-refractivity contribution in [2.45, 2.75) is 31.5 Å². The van der Waals surface area contributed by atoms with E-state index in [0.29, 0.717) is 35.2 Å². The van der Waals surface area contributed by atoms with E-state index in [9.17, 15) is 4.79 Å². The normalized spacial score (nSPS) is 22.1. The van der Waals surface area contributed by atoms with Crippen molar-refractivity contribution in [3.05, 3.63) is 57.2 Å². The smallest absolute Gasteiger partial charge is 0.246 e. The molecule has 34 heavy (non-hydrogen) atoms. The van der Waals surface area contributed by atoms with Crippen molar-refractivity contribution < 1.29 is 4.79 Å². The molecule has 0 radical (unpaired) electrons. The van der Waals surface area contributed by atoms with Gasteiger partial charge in [0.2, 0.25) is 5.91 Å². The second kappa shape index (κ2) is 9.09. The zero-order valence-corrected chi connectivity index (χ0v) is 20.8. The van der Waals surface area contributed by atoms with Crippen LogP contribution in [0.1, 0.15) is 16.9 Å². The number of nitrogens with one attached hydrogen (secondary N) is 2. The van der Waals surface area contributed by atoms with Crippen molar-refractivity contribution in [2.75, 3.05) is 31.5 Å². The number of halogens is 2. The zero-order chi connectivity index (χ0) is 23.2. The van der Waals surface area contributed by atoms with Gasteiger partial charge in [-0.1, -0.05) is 29.3 Å². The summed E-state index contributed by atoms with van der Waals surface area (Å²) in [5.74, 6) is 0.820. The number of carbonyl (C=O) groups is 1. The van der Waals surface area contributed by atoms with Crippen LogP contribution >= 0.6 is 34.5 Å². The fourth-order valence-corrected chi connectivity index (χ4v) is 6.69. The van der Waals surface area contributed by atoms with Gasteiger partial charge in [-0.2, -0.15) is 0 Å². The number of carbonyl (C=O) groups excluding carboxylic acids is 1. The number of benzene rings is 1. The van der Waals surface area contributed by atoms with Crippen LogP contribution in [0.15, 0.2) is 36.7 Å². The van der Waals surface area contributed by atoms with Crippen molar-refractivity contribution in [3.63, 3.8) is 0 Å². The molecule has 2 saturated heterocycles. The van der Waals surface area contributed by atoms with E-state index in [1.807, 2.05) is 17.0 Å². The molecule has 0 saturated carbocycles. The number of nitrogens with zero attached hydrogens (tertiary/aromatic N) is 4. The quantitative estimate of drug-likeness (QED) is 0.496. The van der Waals surface area contributed by atoms with Gasteiger partial charge in [0, 0.05) is 54.9 Å². The van der Waals surface area contributed by atoms with E-state index in [1.54, 1.807) is 35.9 Å². The Labute approximate surface area is 211 Å². The van der Waals surface area contributed by atoms with Gasteiger partial charge in [0.05, 0.1) is 22.0 Å². The number of hydrogen-bond acceptors (Lipinski definition) is 7. The summed E-state index contributed by atoms with van der Waals surface area (Å²) in [6.07, 6.45) is 7.34. The highest BCUT2D eigenvalue weighted by Crippen LogP contribution is 2.38. The Hall–Kier alpha value is -2.23. The van der Waals surface area contributed by atoms with E-state index in [-0.39, 0.29) is 5.91 Å². The Morgan fingerprint density at radius 2 is 2.21 bits per heavy atom. The van der Waals surface area contributed by atoms with Gasteiger partial charge in [-0.25, -0.2) is 9.97 Å². The maximum absolute atomic E-state index is 12.9. The van der Waals surface area contributed by atoms with E-state index in [1.165, 1.54) is 16.9 Å². The number of thiophene rings is 1. The molecule has 0 spiro atoms. The molecule has 6 rings (SSSR count). The maximum atomic E-state index is 12.9. The first-order valence-corrected chi connectivity index (χ1v) is 13.0. The van der Waals surface area contributed by atoms with E-state index in [4.69, 9.17) is 23.2 Å². The molecule has 10 heteroatoms. The lowest BCUT2D eigenvalue weighted by atomic mass is 10.0. The highest BCUT2D eigenvalue weighted by Gasteiger charge is 2.36. The molecule has 2 fully saturated rings. The van der Waals surface area contributed by atoms with Gasteiger partial charge in [0.25, 0.3) is 0 Å². The molecule has 176 valence electrons. The third kappa shape index (κ3) is 4.18. The van der Waals surface area contributed by atoms with Crippen molar-refractivity contribution in [2.24, 2.45) is 0 Å². The number of hydrogen-bond donors (Lipinski definition) is 2. The minimum absolute atomic E-state index is 0.0748. The second-order valence-electron chi connectivity index (χ2n) is 9.02. The molecule has 1 amide bonds. The predicted octanol–water partition coefficient (Wildman–Crippen LogP) is 4.23. The third-order valence-corrected chi connectivity index (χ3v) is 8.77. The lowest BCUT2D eigenvalue weighted by Crippen LogP contribution is -2.43. The molecule has 7 nitrogen and oxygen atoms in total. The average molecular weight is 515 g/mol. The fraction of sp³-hybridized carbons (Fsp3) is 0.375. The van der Waals surface area contributed by atoms with Gasteiger partial charge >= 0.3 is 0 Å². The first kappa shape index (κ1) is 22.2. The Bertz CT molecular complexity index is 1290. The van der Waals surface area contributed by atoms with Crippen LogP contribution in [0.3, 0.4) is 0 Å². The van der Waals surface area contributed by atoms with Crippen LogP contribution < -0.4 is 10.6 Å². The van der Waals surface area contributed by atoms with Gasteiger partial charge in [0.1, 0.15) is 17.0 Å². The first-order chi connectivity index (χ1) is 16.5. The molecule has 3 aromatic rings. The van der Waals surface area contributed by atoms with E-state index >= 15 is 0 Å². The molecule has 3 aliphatic rings. The fourth-order valence-electron chi connectivity index (χ4n) is 5.19. The minimum Gasteiger partial charge on any atom is -0.340 e. The van der Waals surface area contributed by atoms with E-state index < -0.39 is 0 Å². The van der Waals surface area contributed by atoms with Crippen LogP contribution in [0.5, 0.6) is 0 Å². The molecule has 3 aliphatic heterocycles. The highest BCUT2D eigenvalue weighted by atomic mass is 35.5. The standard InChI is InChI=1S/C24H24Cl2N6OS/c25-18-4-3-14(9-19(18)26)30-23-22-17-5-7-32(12-20(17)34-24(22)29-13-28-23)21(33)2-1-6-31-11-15-8-16(31)10-27-15/h1-4,9,13,15-16,27H,5-8,10-12H2,(H,28,29,30)/b2-1+. The lowest BCUT2D eigenvalue weighted by Gasteiger charge is -2.27. The summed E-state index contributed by atoms with van der Waals surface area (Å²) < 4.78 is 0. The largest absolute Gasteiger partial charge is 0.340 e. The predicted molar refractivity (Wildman–Crippen MR) is 137 cm³/mol. The molecule has 2 bridgehead atoms. The van der Waals surface area contributed by atoms with Crippen molar-refractivity contribution in [1.82, 2.24) is 25.1 Å². The lowest BCUT2D eigenvalue weighted by molar-refractivity contribution is -0.126. The molecule has 0 aliphatic carbocycles. The van der Waals surface area contributed by atoms with Crippen LogP contribution in [0.25, 0.3) is 10.2 Å². The SMILES string of the molecule is O=C(/C=C/CN1CC2CC1CN2)N1CCc2c(sc3ncnc(Nc4ccc(Cl)c(Cl)c4)c23)C1. The summed E-state index contributed by atoms with van der Waals surface area (Å²) in [7, 11) is 0. The number of aromatic nitrogens is 2. The van der Waals surface area contributed by atoms with Gasteiger partial charge in [-0.3, -0.25) is 9.69 Å². The molecular weight excluding hydrogens is 491 g/mol. The summed E-state index contributed by atoms with van der Waals surface area (Å²) in [4.78, 5) is 28.3. The van der Waals surface area contributed by atoms with Gasteiger partial charge < -0.3 is 15.5 Å². The molecule has 5 heterocycles. The monoisotopic (exact) mass is 514 g/mol. The summed E-state index contributed by atoms with van der Waals surface area (Å²) in [5, 5.41) is 8.90. The average Bonchev–Trinajstić information content (AvgIpc) is 3.55. The first-order valence-electron chi connectivity index (χ1n) is 11.5. The topological polar surface area (TPSA) is 73.4 Å². The molecule has 1 aromatic carbocycles. The Balaban J connectivity index is 1.17. The highest BCUT2D eigenvalue weighted by molar-refractivity contribution is 7.19. The van der Waals surface area contributed by atoms with Crippen molar-refractivity contribution in [3.8, 4) is 0 Å². The number of fused-ring (bicyclic) bond motifs is 5. The van der Waals surface area contributed by atoms with Crippen LogP contribution in [0.2, 0.25) is 10.0 Å². The van der Waals surface area contributed by atoms with E-state index in [2.05, 4.69) is 25.5 Å². The summed E-state index contributed by atoms with van der Waals surface area (Å²) >= 11 is 13.9. The Morgan fingerprint density at radius 1 is 1.29 bits per heavy atom. The Morgan fingerprint density at radius 3 is 3.00 bits per heavy atom. The second-order valence-corrected chi connectivity index (χ2v) is 10.9. The van der Waals surface area contributed by atoms with Crippen molar-refractivity contribution in [1.29, 1.82) is 0 Å². The number of likely N-dealkylation sites (tertiary alicyclic amines) is 1. The summed E-state index contributed by atoms with van der Waals surface area (Å²) in [6.45, 7) is 4.27. The Kier molecular flexibility index (Phi) is 5.95. The van der Waals surface area contributed by atoms with Crippen molar-refractivity contribution >= 4 is 62.2 Å². The van der Waals surface area contributed by atoms with Crippen LogP contribution in [-0.2, 0) is 17.8 Å². The minimum atomic E-state index is 0.0748. The molecule has 2 N–H and O–H groups in total. The third-order valence-electron chi connectivity index (χ3n) is 6.90. The molecule has 2 unspecified atom stereocenters. The number of rotatable bonds is 5. The molecular formula is C24H24Cl2N6OS. The van der Waals surface area contributed by atoms with Gasteiger partial charge in [-0.05, 0) is 36.6 Å². The number of piperazine rings is 1. The summed E-state index contributed by atoms with van der Waals surface area (Å²) in [5.41, 5.74) is 2.03. The van der Waals surface area contributed by atoms with Crippen LogP contribution in [-0.4, -0.2) is 63.9 Å². The van der Waals surface area contributed by atoms with Crippen LogP contribution in [0, 0.1) is 0 Å². The van der Waals surface area contributed by atoms with Gasteiger partial charge in [0.15, 0.2) is 0 Å². The van der Waals surface area contributed by atoms with E-state index in [0.717, 1.165) is 47.8 Å². The molecule has 2 aromatic heterocycles. The zero-order valence-electron chi connectivity index (χ0n) is 18.4. The maximum Gasteiger partial charge on any atom is 0.246 e. The number of amides is 1. The number of anilines is 2. The molecule has 2 atom stereocenters. The van der Waals surface area contributed by atoms with Crippen LogP contribution in [0.4, 0.5) is 11.5 Å². The summed E-state index contributed by atoms with van der Waals surface area (Å²) in [6, 6.07) is 6.66. The van der Waals surface area contributed by atoms with Gasteiger partial charge in [-0.15, -0.1) is 11.3 Å².